The van der Waals surface area contributed by atoms with Crippen LogP contribution in [0.5, 0.6) is 0 Å². The Labute approximate surface area is 148 Å². The highest BCUT2D eigenvalue weighted by molar-refractivity contribution is 5.79. The summed E-state index contributed by atoms with van der Waals surface area (Å²) in [5, 5.41) is 30.1. The molecule has 5 aliphatic carbocycles. The summed E-state index contributed by atoms with van der Waals surface area (Å²) in [7, 11) is 0. The van der Waals surface area contributed by atoms with Crippen molar-refractivity contribution in [1.29, 1.82) is 0 Å². The number of aliphatic carboxylic acids is 2. The summed E-state index contributed by atoms with van der Waals surface area (Å²) in [6.07, 6.45) is 5.98. The van der Waals surface area contributed by atoms with Crippen LogP contribution in [0.3, 0.4) is 0 Å². The number of hydrogen-bond acceptors (Lipinski definition) is 3. The van der Waals surface area contributed by atoms with Crippen LogP contribution in [0.2, 0.25) is 0 Å². The second-order valence-electron chi connectivity index (χ2n) is 9.84. The second kappa shape index (κ2) is 5.21. The van der Waals surface area contributed by atoms with E-state index in [1.807, 2.05) is 0 Å². The van der Waals surface area contributed by atoms with E-state index in [0.29, 0.717) is 12.3 Å². The van der Waals surface area contributed by atoms with E-state index >= 15 is 0 Å². The Balaban J connectivity index is 1.89. The Hall–Kier alpha value is -1.10. The molecule has 2 bridgehead atoms. The Bertz CT molecular complexity index is 617. The maximum Gasteiger partial charge on any atom is 0.309 e. The summed E-state index contributed by atoms with van der Waals surface area (Å²) in [6.45, 7) is 4.10. The van der Waals surface area contributed by atoms with Gasteiger partial charge in [-0.25, -0.2) is 0 Å². The Morgan fingerprint density at radius 3 is 2.44 bits per heavy atom. The maximum absolute atomic E-state index is 12.5. The highest BCUT2D eigenvalue weighted by Crippen LogP contribution is 2.77. The molecule has 0 heterocycles. The minimum atomic E-state index is -0.963. The van der Waals surface area contributed by atoms with E-state index in [0.717, 1.165) is 38.5 Å². The summed E-state index contributed by atoms with van der Waals surface area (Å²) in [6, 6.07) is 0. The molecular weight excluding hydrogens is 320 g/mol. The largest absolute Gasteiger partial charge is 0.481 e. The zero-order valence-electron chi connectivity index (χ0n) is 15.2. The van der Waals surface area contributed by atoms with Crippen molar-refractivity contribution in [2.24, 2.45) is 45.8 Å². The van der Waals surface area contributed by atoms with Gasteiger partial charge in [-0.3, -0.25) is 9.59 Å². The fraction of sp³-hybridized carbons (Fsp3) is 0.900. The second-order valence-corrected chi connectivity index (χ2v) is 9.84. The molecule has 5 fully saturated rings. The molecule has 0 radical (unpaired) electrons. The van der Waals surface area contributed by atoms with Crippen molar-refractivity contribution < 1.29 is 24.9 Å². The summed E-state index contributed by atoms with van der Waals surface area (Å²) >= 11 is 0. The van der Waals surface area contributed by atoms with Gasteiger partial charge in [0.15, 0.2) is 0 Å². The Morgan fingerprint density at radius 1 is 1.12 bits per heavy atom. The average Bonchev–Trinajstić information content (AvgIpc) is 2.81. The molecule has 5 saturated carbocycles. The Morgan fingerprint density at radius 2 is 1.84 bits per heavy atom. The number of hydrogen-bond donors (Lipinski definition) is 3. The number of fused-ring (bicyclic) bond motifs is 3. The third-order valence-corrected chi connectivity index (χ3v) is 9.07. The fourth-order valence-corrected chi connectivity index (χ4v) is 8.22. The predicted octanol–water partition coefficient (Wildman–Crippen LogP) is 3.01. The molecule has 0 aromatic carbocycles. The number of rotatable bonds is 3. The number of aliphatic hydroxyl groups is 1. The van der Waals surface area contributed by atoms with Crippen molar-refractivity contribution in [3.05, 3.63) is 0 Å². The van der Waals surface area contributed by atoms with Crippen molar-refractivity contribution in [3.8, 4) is 0 Å². The van der Waals surface area contributed by atoms with E-state index < -0.39 is 23.3 Å². The number of carboxylic acids is 2. The van der Waals surface area contributed by atoms with E-state index in [2.05, 4.69) is 6.92 Å². The van der Waals surface area contributed by atoms with Gasteiger partial charge in [0.25, 0.3) is 0 Å². The van der Waals surface area contributed by atoms with Crippen LogP contribution >= 0.6 is 0 Å². The van der Waals surface area contributed by atoms with Crippen LogP contribution in [0.25, 0.3) is 0 Å². The molecule has 8 unspecified atom stereocenters. The standard InChI is InChI=1S/C20H30O5/c1-18-5-3-6-19(2,17(24)25)15(18)14(16(22)23)20-7-4-11(8-13(18)20)12(9-20)10-21/h11-15,21H,3-10H2,1-2H3,(H,22,23)(H,24,25). The molecule has 0 aromatic rings. The molecule has 0 amide bonds. The SMILES string of the molecule is CC1(C(=O)O)CCCC2(C)C1C(C(=O)O)C13CCC(CC21)C(CO)C3. The molecule has 5 heteroatoms. The van der Waals surface area contributed by atoms with Gasteiger partial charge >= 0.3 is 11.9 Å². The van der Waals surface area contributed by atoms with Gasteiger partial charge < -0.3 is 15.3 Å². The molecule has 8 atom stereocenters. The van der Waals surface area contributed by atoms with Crippen molar-refractivity contribution in [2.45, 2.75) is 58.8 Å². The lowest BCUT2D eigenvalue weighted by Crippen LogP contribution is -2.51. The molecule has 5 aliphatic rings. The van der Waals surface area contributed by atoms with Crippen LogP contribution < -0.4 is 0 Å². The molecule has 5 nitrogen and oxygen atoms in total. The van der Waals surface area contributed by atoms with Crippen LogP contribution in [0, 0.1) is 45.8 Å². The fourth-order valence-electron chi connectivity index (χ4n) is 8.22. The van der Waals surface area contributed by atoms with Crippen LogP contribution in [-0.2, 0) is 9.59 Å². The molecule has 0 saturated heterocycles. The third-order valence-electron chi connectivity index (χ3n) is 9.07. The van der Waals surface area contributed by atoms with Gasteiger partial charge in [0, 0.05) is 6.61 Å². The highest BCUT2D eigenvalue weighted by atomic mass is 16.4. The monoisotopic (exact) mass is 350 g/mol. The van der Waals surface area contributed by atoms with Crippen molar-refractivity contribution in [2.75, 3.05) is 6.61 Å². The zero-order chi connectivity index (χ0) is 18.2. The van der Waals surface area contributed by atoms with E-state index in [1.54, 1.807) is 6.92 Å². The molecule has 140 valence electrons. The molecule has 5 rings (SSSR count). The minimum Gasteiger partial charge on any atom is -0.481 e. The van der Waals surface area contributed by atoms with Crippen molar-refractivity contribution >= 4 is 11.9 Å². The first-order valence-electron chi connectivity index (χ1n) is 9.78. The number of aliphatic hydroxyl groups excluding tert-OH is 1. The smallest absolute Gasteiger partial charge is 0.309 e. The zero-order valence-corrected chi connectivity index (χ0v) is 15.2. The van der Waals surface area contributed by atoms with Gasteiger partial charge in [-0.2, -0.15) is 0 Å². The summed E-state index contributed by atoms with van der Waals surface area (Å²) in [5.74, 6) is -1.62. The Kier molecular flexibility index (Phi) is 3.61. The highest BCUT2D eigenvalue weighted by Gasteiger charge is 2.75. The third kappa shape index (κ3) is 1.93. The van der Waals surface area contributed by atoms with Gasteiger partial charge in [0.05, 0.1) is 11.3 Å². The number of carboxylic acid groups (broad SMARTS) is 2. The lowest BCUT2D eigenvalue weighted by molar-refractivity contribution is -0.167. The number of carbonyl (C=O) groups is 2. The molecule has 0 aromatic heterocycles. The van der Waals surface area contributed by atoms with Crippen LogP contribution in [0.1, 0.15) is 58.8 Å². The molecule has 0 aliphatic heterocycles. The molecular formula is C20H30O5. The maximum atomic E-state index is 12.5. The normalized spacial score (nSPS) is 54.0. The summed E-state index contributed by atoms with van der Waals surface area (Å²) in [4.78, 5) is 24.7. The predicted molar refractivity (Wildman–Crippen MR) is 90.8 cm³/mol. The molecule has 25 heavy (non-hydrogen) atoms. The lowest BCUT2D eigenvalue weighted by Gasteiger charge is -2.57. The van der Waals surface area contributed by atoms with E-state index in [-0.39, 0.29) is 35.2 Å². The van der Waals surface area contributed by atoms with Crippen molar-refractivity contribution in [3.63, 3.8) is 0 Å². The van der Waals surface area contributed by atoms with Crippen LogP contribution in [0.15, 0.2) is 0 Å². The van der Waals surface area contributed by atoms with Crippen LogP contribution in [0.4, 0.5) is 0 Å². The lowest BCUT2D eigenvalue weighted by atomic mass is 9.48. The first-order valence-corrected chi connectivity index (χ1v) is 9.78. The van der Waals surface area contributed by atoms with E-state index in [4.69, 9.17) is 0 Å². The topological polar surface area (TPSA) is 94.8 Å². The molecule has 1 spiro atoms. The van der Waals surface area contributed by atoms with Gasteiger partial charge in [-0.1, -0.05) is 13.3 Å². The van der Waals surface area contributed by atoms with Crippen LogP contribution in [-0.4, -0.2) is 33.9 Å². The van der Waals surface area contributed by atoms with E-state index in [1.165, 1.54) is 0 Å². The molecule has 3 N–H and O–H groups in total. The summed E-state index contributed by atoms with van der Waals surface area (Å²) in [5.41, 5.74) is -1.50. The van der Waals surface area contributed by atoms with E-state index in [9.17, 15) is 24.9 Å². The quantitative estimate of drug-likeness (QED) is 0.727. The van der Waals surface area contributed by atoms with Crippen molar-refractivity contribution in [1.82, 2.24) is 0 Å². The van der Waals surface area contributed by atoms with Gasteiger partial charge in [-0.05, 0) is 80.0 Å². The first-order chi connectivity index (χ1) is 11.7. The van der Waals surface area contributed by atoms with Gasteiger partial charge in [0.2, 0.25) is 0 Å². The average molecular weight is 350 g/mol. The minimum absolute atomic E-state index is 0.128. The first kappa shape index (κ1) is 17.3. The van der Waals surface area contributed by atoms with Gasteiger partial charge in [-0.15, -0.1) is 0 Å². The van der Waals surface area contributed by atoms with Gasteiger partial charge in [0.1, 0.15) is 0 Å². The summed E-state index contributed by atoms with van der Waals surface area (Å²) < 4.78 is 0.